The molecule has 1 amide bonds. The molecule has 0 fully saturated rings. The van der Waals surface area contributed by atoms with Crippen LogP contribution in [-0.4, -0.2) is 27.8 Å². The van der Waals surface area contributed by atoms with Crippen LogP contribution in [0.2, 0.25) is 5.02 Å². The number of benzene rings is 2. The van der Waals surface area contributed by atoms with E-state index in [1.165, 1.54) is 11.8 Å². The number of thioether (sulfide) groups is 1. The monoisotopic (exact) mass is 454 g/mol. The molecular weight excluding hydrogens is 432 g/mol. The first-order valence-electron chi connectivity index (χ1n) is 9.96. The van der Waals surface area contributed by atoms with Gasteiger partial charge in [0.15, 0.2) is 5.16 Å². The zero-order valence-corrected chi connectivity index (χ0v) is 19.0. The first-order valence-corrected chi connectivity index (χ1v) is 11.3. The Hall–Kier alpha value is -2.82. The molecule has 0 N–H and O–H groups in total. The number of hydrogen-bond donors (Lipinski definition) is 0. The highest BCUT2D eigenvalue weighted by atomic mass is 35.5. The number of aromatic nitrogens is 2. The van der Waals surface area contributed by atoms with Crippen molar-refractivity contribution >= 4 is 45.9 Å². The van der Waals surface area contributed by atoms with Crippen LogP contribution in [-0.2, 0) is 11.3 Å². The van der Waals surface area contributed by atoms with Crippen LogP contribution in [0.25, 0.3) is 10.9 Å². The molecule has 0 radical (unpaired) electrons. The van der Waals surface area contributed by atoms with Gasteiger partial charge in [0.25, 0.3) is 5.56 Å². The minimum atomic E-state index is -0.166. The smallest absolute Gasteiger partial charge is 0.262 e. The topological polar surface area (TPSA) is 79.0 Å². The van der Waals surface area contributed by atoms with Crippen molar-refractivity contribution in [3.63, 3.8) is 0 Å². The molecule has 1 aromatic heterocycles. The van der Waals surface area contributed by atoms with Gasteiger partial charge in [0, 0.05) is 23.8 Å². The van der Waals surface area contributed by atoms with Gasteiger partial charge in [-0.2, -0.15) is 5.26 Å². The van der Waals surface area contributed by atoms with Crippen molar-refractivity contribution in [2.45, 2.75) is 32.0 Å². The second-order valence-electron chi connectivity index (χ2n) is 7.44. The number of fused-ring (bicyclic) bond motifs is 1. The Labute approximate surface area is 190 Å². The molecule has 31 heavy (non-hydrogen) atoms. The lowest BCUT2D eigenvalue weighted by Crippen LogP contribution is -2.33. The highest BCUT2D eigenvalue weighted by Crippen LogP contribution is 2.23. The number of anilines is 1. The van der Waals surface area contributed by atoms with Crippen LogP contribution >= 0.6 is 23.4 Å². The fourth-order valence-electron chi connectivity index (χ4n) is 3.18. The maximum absolute atomic E-state index is 13.1. The van der Waals surface area contributed by atoms with Crippen LogP contribution in [0.1, 0.15) is 20.3 Å². The maximum Gasteiger partial charge on any atom is 0.262 e. The molecule has 0 bridgehead atoms. The highest BCUT2D eigenvalue weighted by Gasteiger charge is 2.19. The Kier molecular flexibility index (Phi) is 7.72. The predicted molar refractivity (Wildman–Crippen MR) is 126 cm³/mol. The summed E-state index contributed by atoms with van der Waals surface area (Å²) >= 11 is 7.30. The Morgan fingerprint density at radius 2 is 2.00 bits per heavy atom. The summed E-state index contributed by atoms with van der Waals surface area (Å²) in [7, 11) is 0. The van der Waals surface area contributed by atoms with Gasteiger partial charge in [-0.05, 0) is 36.2 Å². The van der Waals surface area contributed by atoms with Gasteiger partial charge in [-0.1, -0.05) is 55.4 Å². The van der Waals surface area contributed by atoms with Crippen LogP contribution < -0.4 is 10.5 Å². The van der Waals surface area contributed by atoms with Gasteiger partial charge in [-0.3, -0.25) is 14.2 Å². The number of carbonyl (C=O) groups is 1. The maximum atomic E-state index is 13.1. The molecule has 0 spiro atoms. The molecule has 160 valence electrons. The summed E-state index contributed by atoms with van der Waals surface area (Å²) in [6.45, 7) is 4.84. The SMILES string of the molecule is CC(C)Cn1c(SCC(=O)N(CCC#N)c2ccccc2)nc2ccc(Cl)cc2c1=O. The van der Waals surface area contributed by atoms with E-state index in [-0.39, 0.29) is 29.6 Å². The summed E-state index contributed by atoms with van der Waals surface area (Å²) in [5.41, 5.74) is 1.12. The van der Waals surface area contributed by atoms with Crippen LogP contribution in [0.4, 0.5) is 5.69 Å². The van der Waals surface area contributed by atoms with Crippen molar-refractivity contribution < 1.29 is 4.79 Å². The molecule has 3 aromatic rings. The average Bonchev–Trinajstić information content (AvgIpc) is 2.75. The molecule has 0 saturated carbocycles. The third-order valence-corrected chi connectivity index (χ3v) is 5.77. The van der Waals surface area contributed by atoms with Crippen LogP contribution in [0.15, 0.2) is 58.5 Å². The largest absolute Gasteiger partial charge is 0.311 e. The Balaban J connectivity index is 1.91. The molecule has 0 saturated heterocycles. The number of nitrogens with zero attached hydrogens (tertiary/aromatic N) is 4. The highest BCUT2D eigenvalue weighted by molar-refractivity contribution is 7.99. The van der Waals surface area contributed by atoms with Gasteiger partial charge < -0.3 is 4.90 Å². The average molecular weight is 455 g/mol. The zero-order valence-electron chi connectivity index (χ0n) is 17.4. The molecule has 1 heterocycles. The Morgan fingerprint density at radius 3 is 2.68 bits per heavy atom. The minimum absolute atomic E-state index is 0.101. The lowest BCUT2D eigenvalue weighted by Gasteiger charge is -2.22. The van der Waals surface area contributed by atoms with E-state index >= 15 is 0 Å². The molecule has 0 atom stereocenters. The predicted octanol–water partition coefficient (Wildman–Crippen LogP) is 4.74. The van der Waals surface area contributed by atoms with E-state index in [4.69, 9.17) is 16.9 Å². The van der Waals surface area contributed by atoms with Gasteiger partial charge in [-0.25, -0.2) is 4.98 Å². The number of para-hydroxylation sites is 1. The first-order chi connectivity index (χ1) is 14.9. The first kappa shape index (κ1) is 22.9. The second-order valence-corrected chi connectivity index (χ2v) is 8.82. The van der Waals surface area contributed by atoms with Gasteiger partial charge in [0.1, 0.15) is 0 Å². The van der Waals surface area contributed by atoms with E-state index < -0.39 is 0 Å². The van der Waals surface area contributed by atoms with E-state index in [1.807, 2.05) is 44.2 Å². The van der Waals surface area contributed by atoms with Gasteiger partial charge >= 0.3 is 0 Å². The molecule has 3 rings (SSSR count). The molecular formula is C23H23ClN4O2S. The van der Waals surface area contributed by atoms with Crippen molar-refractivity contribution in [1.82, 2.24) is 9.55 Å². The van der Waals surface area contributed by atoms with E-state index in [2.05, 4.69) is 11.1 Å². The summed E-state index contributed by atoms with van der Waals surface area (Å²) in [5.74, 6) is 0.180. The standard InChI is InChI=1S/C23H23ClN4O2S/c1-16(2)14-28-22(30)19-13-17(24)9-10-20(19)26-23(28)31-15-21(29)27(12-6-11-25)18-7-4-3-5-8-18/h3-5,7-10,13,16H,6,12,14-15H2,1-2H3. The lowest BCUT2D eigenvalue weighted by atomic mass is 10.2. The summed E-state index contributed by atoms with van der Waals surface area (Å²) in [4.78, 5) is 32.4. The molecule has 2 aromatic carbocycles. The lowest BCUT2D eigenvalue weighted by molar-refractivity contribution is -0.116. The Morgan fingerprint density at radius 1 is 1.26 bits per heavy atom. The van der Waals surface area contributed by atoms with Crippen molar-refractivity contribution in [3.8, 4) is 6.07 Å². The van der Waals surface area contributed by atoms with Crippen LogP contribution in [0, 0.1) is 17.2 Å². The molecule has 6 nitrogen and oxygen atoms in total. The molecule has 0 aliphatic rings. The van der Waals surface area contributed by atoms with Crippen molar-refractivity contribution in [2.24, 2.45) is 5.92 Å². The van der Waals surface area contributed by atoms with Crippen molar-refractivity contribution in [1.29, 1.82) is 5.26 Å². The van der Waals surface area contributed by atoms with Gasteiger partial charge in [0.2, 0.25) is 5.91 Å². The third kappa shape index (κ3) is 5.66. The molecule has 8 heteroatoms. The third-order valence-electron chi connectivity index (χ3n) is 4.57. The van der Waals surface area contributed by atoms with Gasteiger partial charge in [-0.15, -0.1) is 0 Å². The zero-order chi connectivity index (χ0) is 22.4. The summed E-state index contributed by atoms with van der Waals surface area (Å²) in [5, 5.41) is 10.4. The fourth-order valence-corrected chi connectivity index (χ4v) is 4.24. The number of nitriles is 1. The molecule has 0 aliphatic heterocycles. The van der Waals surface area contributed by atoms with Gasteiger partial charge in [0.05, 0.1) is 29.1 Å². The summed E-state index contributed by atoms with van der Waals surface area (Å²) < 4.78 is 1.61. The number of amides is 1. The van der Waals surface area contributed by atoms with E-state index in [0.717, 1.165) is 5.69 Å². The number of rotatable bonds is 8. The fraction of sp³-hybridized carbons (Fsp3) is 0.304. The number of hydrogen-bond acceptors (Lipinski definition) is 5. The van der Waals surface area contributed by atoms with Crippen LogP contribution in [0.5, 0.6) is 0 Å². The quantitative estimate of drug-likeness (QED) is 0.362. The van der Waals surface area contributed by atoms with E-state index in [1.54, 1.807) is 27.7 Å². The number of halogens is 1. The van der Waals surface area contributed by atoms with E-state index in [9.17, 15) is 9.59 Å². The van der Waals surface area contributed by atoms with Crippen LogP contribution in [0.3, 0.4) is 0 Å². The molecule has 0 aliphatic carbocycles. The normalized spacial score (nSPS) is 10.9. The molecule has 0 unspecified atom stereocenters. The number of carbonyl (C=O) groups excluding carboxylic acids is 1. The summed E-state index contributed by atoms with van der Waals surface area (Å²) in [6.07, 6.45) is 0.234. The summed E-state index contributed by atoms with van der Waals surface area (Å²) in [6, 6.07) is 16.4. The second kappa shape index (κ2) is 10.5. The van der Waals surface area contributed by atoms with E-state index in [0.29, 0.717) is 34.2 Å². The minimum Gasteiger partial charge on any atom is -0.311 e. The van der Waals surface area contributed by atoms with Crippen molar-refractivity contribution in [3.05, 3.63) is 63.9 Å². The van der Waals surface area contributed by atoms with Crippen molar-refractivity contribution in [2.75, 3.05) is 17.2 Å². The Bertz CT molecular complexity index is 1170.